The number of sulfonamides is 1. The molecule has 2 aliphatic heterocycles. The number of aryl methyl sites for hydroxylation is 1. The minimum Gasteiger partial charge on any atom is -0.342 e. The van der Waals surface area contributed by atoms with E-state index in [4.69, 9.17) is 0 Å². The second-order valence-corrected chi connectivity index (χ2v) is 10.8. The highest BCUT2D eigenvalue weighted by Gasteiger charge is 2.38. The summed E-state index contributed by atoms with van der Waals surface area (Å²) in [6.45, 7) is 4.50. The Morgan fingerprint density at radius 3 is 2.36 bits per heavy atom. The molecule has 1 aliphatic carbocycles. The van der Waals surface area contributed by atoms with E-state index in [2.05, 4.69) is 0 Å². The number of rotatable bonds is 3. The molecule has 3 unspecified atom stereocenters. The number of piperidine rings is 2. The van der Waals surface area contributed by atoms with E-state index in [1.165, 1.54) is 30.0 Å². The van der Waals surface area contributed by atoms with Gasteiger partial charge in [-0.3, -0.25) is 4.79 Å². The molecule has 5 nitrogen and oxygen atoms in total. The van der Waals surface area contributed by atoms with Gasteiger partial charge < -0.3 is 4.90 Å². The molecule has 28 heavy (non-hydrogen) atoms. The molecule has 3 fully saturated rings. The molecular formula is C22H32N2O3S. The van der Waals surface area contributed by atoms with Gasteiger partial charge in [0.1, 0.15) is 0 Å². The highest BCUT2D eigenvalue weighted by atomic mass is 32.2. The minimum absolute atomic E-state index is 0.174. The molecule has 2 saturated heterocycles. The number of fused-ring (bicyclic) bond motifs is 1. The molecule has 0 aromatic heterocycles. The molecule has 3 atom stereocenters. The number of nitrogens with zero attached hydrogens (tertiary/aromatic N) is 2. The summed E-state index contributed by atoms with van der Waals surface area (Å²) in [5.74, 6) is 1.42. The first kappa shape index (κ1) is 19.9. The predicted molar refractivity (Wildman–Crippen MR) is 109 cm³/mol. The number of carbonyl (C=O) groups is 1. The van der Waals surface area contributed by atoms with E-state index in [0.29, 0.717) is 23.9 Å². The Kier molecular flexibility index (Phi) is 5.79. The lowest BCUT2D eigenvalue weighted by Gasteiger charge is -2.43. The Morgan fingerprint density at radius 1 is 0.893 bits per heavy atom. The highest BCUT2D eigenvalue weighted by Crippen LogP contribution is 2.37. The monoisotopic (exact) mass is 404 g/mol. The lowest BCUT2D eigenvalue weighted by molar-refractivity contribution is -0.139. The van der Waals surface area contributed by atoms with E-state index in [1.54, 1.807) is 12.1 Å². The van der Waals surface area contributed by atoms with Crippen LogP contribution in [0.4, 0.5) is 0 Å². The van der Waals surface area contributed by atoms with Gasteiger partial charge in [0, 0.05) is 26.2 Å². The molecule has 6 heteroatoms. The third kappa shape index (κ3) is 3.99. The van der Waals surface area contributed by atoms with Crippen molar-refractivity contribution in [2.75, 3.05) is 26.2 Å². The van der Waals surface area contributed by atoms with Crippen LogP contribution in [0.15, 0.2) is 29.2 Å². The van der Waals surface area contributed by atoms with Gasteiger partial charge in [-0.05, 0) is 56.6 Å². The number of benzene rings is 1. The Morgan fingerprint density at radius 2 is 1.61 bits per heavy atom. The first-order valence-corrected chi connectivity index (χ1v) is 12.2. The van der Waals surface area contributed by atoms with E-state index in [9.17, 15) is 13.2 Å². The summed E-state index contributed by atoms with van der Waals surface area (Å²) in [6.07, 6.45) is 7.85. The summed E-state index contributed by atoms with van der Waals surface area (Å²) in [4.78, 5) is 15.6. The van der Waals surface area contributed by atoms with Crippen LogP contribution in [0.3, 0.4) is 0 Å². The summed E-state index contributed by atoms with van der Waals surface area (Å²) in [7, 11) is -3.53. The van der Waals surface area contributed by atoms with Gasteiger partial charge in [-0.15, -0.1) is 0 Å². The third-order valence-electron chi connectivity index (χ3n) is 6.99. The minimum atomic E-state index is -3.53. The van der Waals surface area contributed by atoms with Gasteiger partial charge in [-0.2, -0.15) is 4.31 Å². The van der Waals surface area contributed by atoms with Crippen molar-refractivity contribution in [1.82, 2.24) is 9.21 Å². The SMILES string of the molecule is Cc1ccc(S(=O)(=O)N2CCCC(C(=O)N3CCC4CCCCC4C3)C2)cc1. The van der Waals surface area contributed by atoms with E-state index in [-0.39, 0.29) is 11.8 Å². The van der Waals surface area contributed by atoms with Crippen molar-refractivity contribution < 1.29 is 13.2 Å². The Bertz CT molecular complexity index is 806. The van der Waals surface area contributed by atoms with Crippen LogP contribution in [-0.4, -0.2) is 49.7 Å². The maximum atomic E-state index is 13.2. The maximum Gasteiger partial charge on any atom is 0.243 e. The average Bonchev–Trinajstić information content (AvgIpc) is 2.73. The molecule has 1 amide bonds. The van der Waals surface area contributed by atoms with Gasteiger partial charge in [0.05, 0.1) is 10.8 Å². The lowest BCUT2D eigenvalue weighted by Crippen LogP contribution is -2.50. The smallest absolute Gasteiger partial charge is 0.243 e. The second-order valence-electron chi connectivity index (χ2n) is 8.89. The Hall–Kier alpha value is -1.40. The highest BCUT2D eigenvalue weighted by molar-refractivity contribution is 7.89. The van der Waals surface area contributed by atoms with Crippen molar-refractivity contribution in [2.24, 2.45) is 17.8 Å². The zero-order chi connectivity index (χ0) is 19.7. The van der Waals surface area contributed by atoms with Crippen molar-refractivity contribution in [2.45, 2.75) is 56.8 Å². The number of likely N-dealkylation sites (tertiary alicyclic amines) is 1. The number of hydrogen-bond donors (Lipinski definition) is 0. The van der Waals surface area contributed by atoms with Gasteiger partial charge in [0.15, 0.2) is 0 Å². The van der Waals surface area contributed by atoms with Crippen LogP contribution < -0.4 is 0 Å². The molecule has 3 aliphatic rings. The summed E-state index contributed by atoms with van der Waals surface area (Å²) in [6, 6.07) is 7.00. The van der Waals surface area contributed by atoms with Gasteiger partial charge in [0.2, 0.25) is 15.9 Å². The molecule has 4 rings (SSSR count). The fourth-order valence-corrected chi connectivity index (χ4v) is 6.80. The predicted octanol–water partition coefficient (Wildman–Crippen LogP) is 3.43. The molecule has 0 N–H and O–H groups in total. The lowest BCUT2D eigenvalue weighted by atomic mass is 9.75. The third-order valence-corrected chi connectivity index (χ3v) is 8.87. The Labute approximate surface area is 169 Å². The molecular weight excluding hydrogens is 372 g/mol. The van der Waals surface area contributed by atoms with Crippen molar-refractivity contribution in [3.8, 4) is 0 Å². The van der Waals surface area contributed by atoms with Crippen molar-refractivity contribution >= 4 is 15.9 Å². The van der Waals surface area contributed by atoms with Crippen LogP contribution in [-0.2, 0) is 14.8 Å². The number of carbonyl (C=O) groups excluding carboxylic acids is 1. The molecule has 1 saturated carbocycles. The topological polar surface area (TPSA) is 57.7 Å². The largest absolute Gasteiger partial charge is 0.342 e. The second kappa shape index (κ2) is 8.15. The molecule has 0 spiro atoms. The zero-order valence-corrected chi connectivity index (χ0v) is 17.7. The first-order chi connectivity index (χ1) is 13.4. The molecule has 0 radical (unpaired) electrons. The maximum absolute atomic E-state index is 13.2. The zero-order valence-electron chi connectivity index (χ0n) is 16.8. The molecule has 1 aromatic rings. The number of amides is 1. The van der Waals surface area contributed by atoms with Crippen molar-refractivity contribution in [3.05, 3.63) is 29.8 Å². The van der Waals surface area contributed by atoms with Crippen molar-refractivity contribution in [3.63, 3.8) is 0 Å². The average molecular weight is 405 g/mol. The van der Waals surface area contributed by atoms with E-state index in [0.717, 1.165) is 43.8 Å². The summed E-state index contributed by atoms with van der Waals surface area (Å²) >= 11 is 0. The van der Waals surface area contributed by atoms with Crippen LogP contribution in [0.5, 0.6) is 0 Å². The van der Waals surface area contributed by atoms with E-state index in [1.807, 2.05) is 24.0 Å². The normalized spacial score (nSPS) is 29.3. The first-order valence-electron chi connectivity index (χ1n) is 10.8. The summed E-state index contributed by atoms with van der Waals surface area (Å²) in [5.41, 5.74) is 1.04. The van der Waals surface area contributed by atoms with Crippen LogP contribution in [0.1, 0.15) is 50.5 Å². The number of hydrogen-bond acceptors (Lipinski definition) is 3. The van der Waals surface area contributed by atoms with Gasteiger partial charge in [-0.1, -0.05) is 37.0 Å². The molecule has 0 bridgehead atoms. The van der Waals surface area contributed by atoms with Crippen LogP contribution in [0.2, 0.25) is 0 Å². The van der Waals surface area contributed by atoms with Gasteiger partial charge >= 0.3 is 0 Å². The van der Waals surface area contributed by atoms with Crippen LogP contribution >= 0.6 is 0 Å². The summed E-state index contributed by atoms with van der Waals surface area (Å²) in [5, 5.41) is 0. The fraction of sp³-hybridized carbons (Fsp3) is 0.682. The van der Waals surface area contributed by atoms with Gasteiger partial charge in [0.25, 0.3) is 0 Å². The fourth-order valence-electron chi connectivity index (χ4n) is 5.28. The molecule has 1 aromatic carbocycles. The molecule has 154 valence electrons. The van der Waals surface area contributed by atoms with Crippen molar-refractivity contribution in [1.29, 1.82) is 0 Å². The van der Waals surface area contributed by atoms with E-state index < -0.39 is 10.0 Å². The molecule has 2 heterocycles. The van der Waals surface area contributed by atoms with Crippen LogP contribution in [0.25, 0.3) is 0 Å². The standard InChI is InChI=1S/C22H32N2O3S/c1-17-8-10-21(11-9-17)28(26,27)24-13-4-7-20(16-24)22(25)23-14-12-18-5-2-3-6-19(18)15-23/h8-11,18-20H,2-7,12-16H2,1H3. The van der Waals surface area contributed by atoms with E-state index >= 15 is 0 Å². The van der Waals surface area contributed by atoms with Crippen LogP contribution in [0, 0.1) is 24.7 Å². The Balaban J connectivity index is 1.43. The van der Waals surface area contributed by atoms with Gasteiger partial charge in [-0.25, -0.2) is 8.42 Å². The quantitative estimate of drug-likeness (QED) is 0.775. The summed E-state index contributed by atoms with van der Waals surface area (Å²) < 4.78 is 27.6.